The number of aryl methyl sites for hydroxylation is 1. The van der Waals surface area contributed by atoms with Gasteiger partial charge in [0.25, 0.3) is 0 Å². The summed E-state index contributed by atoms with van der Waals surface area (Å²) in [6.07, 6.45) is 1.42. The van der Waals surface area contributed by atoms with Crippen molar-refractivity contribution in [2.24, 2.45) is 5.92 Å². The summed E-state index contributed by atoms with van der Waals surface area (Å²) in [6.45, 7) is 3.49. The first-order chi connectivity index (χ1) is 12.4. The molecule has 0 saturated carbocycles. The molecule has 1 N–H and O–H groups in total. The van der Waals surface area contributed by atoms with Crippen molar-refractivity contribution < 1.29 is 14.7 Å². The molecule has 1 atom stereocenters. The van der Waals surface area contributed by atoms with Gasteiger partial charge in [-0.05, 0) is 37.5 Å². The summed E-state index contributed by atoms with van der Waals surface area (Å²) in [5.41, 5.74) is 1.59. The van der Waals surface area contributed by atoms with E-state index in [0.29, 0.717) is 25.9 Å². The highest BCUT2D eigenvalue weighted by atomic mass is 16.4. The minimum absolute atomic E-state index is 0.0643. The molecule has 3 heterocycles. The van der Waals surface area contributed by atoms with Crippen LogP contribution in [0.3, 0.4) is 0 Å². The number of carboxylic acids is 1. The van der Waals surface area contributed by atoms with Gasteiger partial charge in [0.05, 0.1) is 17.0 Å². The molecule has 1 aromatic carbocycles. The zero-order valence-corrected chi connectivity index (χ0v) is 15.1. The van der Waals surface area contributed by atoms with Crippen molar-refractivity contribution in [2.75, 3.05) is 25.0 Å². The van der Waals surface area contributed by atoms with E-state index in [-0.39, 0.29) is 12.3 Å². The maximum absolute atomic E-state index is 12.1. The predicted molar refractivity (Wildman–Crippen MR) is 99.2 cm³/mol. The lowest BCUT2D eigenvalue weighted by Crippen LogP contribution is -2.56. The van der Waals surface area contributed by atoms with E-state index in [0.717, 1.165) is 16.7 Å². The van der Waals surface area contributed by atoms with E-state index >= 15 is 0 Å². The first-order valence-corrected chi connectivity index (χ1v) is 9.03. The molecule has 2 aliphatic heterocycles. The number of para-hydroxylation sites is 1. The number of nitrogens with zero attached hydrogens (tertiary/aromatic N) is 3. The first kappa shape index (κ1) is 16.8. The molecule has 2 saturated heterocycles. The molecule has 0 aliphatic carbocycles. The summed E-state index contributed by atoms with van der Waals surface area (Å²) in [5.74, 6) is -0.621. The molecule has 0 bridgehead atoms. The number of benzene rings is 1. The summed E-state index contributed by atoms with van der Waals surface area (Å²) < 4.78 is 0. The van der Waals surface area contributed by atoms with E-state index in [9.17, 15) is 14.7 Å². The molecule has 1 aromatic heterocycles. The summed E-state index contributed by atoms with van der Waals surface area (Å²) in [6, 6.07) is 10.2. The van der Waals surface area contributed by atoms with Crippen molar-refractivity contribution >= 4 is 28.6 Å². The summed E-state index contributed by atoms with van der Waals surface area (Å²) in [7, 11) is 1.75. The topological polar surface area (TPSA) is 73.7 Å². The van der Waals surface area contributed by atoms with Gasteiger partial charge >= 0.3 is 5.97 Å². The van der Waals surface area contributed by atoms with Gasteiger partial charge in [-0.15, -0.1) is 0 Å². The summed E-state index contributed by atoms with van der Waals surface area (Å²) in [5, 5.41) is 10.7. The predicted octanol–water partition coefficient (Wildman–Crippen LogP) is 2.45. The minimum atomic E-state index is -0.865. The third-order valence-electron chi connectivity index (χ3n) is 6.23. The average molecular weight is 353 g/mol. The van der Waals surface area contributed by atoms with E-state index in [2.05, 4.69) is 24.0 Å². The van der Waals surface area contributed by atoms with Crippen molar-refractivity contribution in [3.05, 3.63) is 35.9 Å². The number of fused-ring (bicyclic) bond motifs is 1. The van der Waals surface area contributed by atoms with Gasteiger partial charge in [-0.25, -0.2) is 4.98 Å². The number of aromatic nitrogens is 1. The molecule has 136 valence electrons. The number of aliphatic carboxylic acids is 1. The van der Waals surface area contributed by atoms with E-state index in [1.807, 2.05) is 18.2 Å². The highest BCUT2D eigenvalue weighted by Gasteiger charge is 2.55. The van der Waals surface area contributed by atoms with E-state index < -0.39 is 17.4 Å². The number of anilines is 1. The Morgan fingerprint density at radius 1 is 1.27 bits per heavy atom. The van der Waals surface area contributed by atoms with Crippen LogP contribution in [0.5, 0.6) is 0 Å². The van der Waals surface area contributed by atoms with Crippen LogP contribution in [0.15, 0.2) is 30.3 Å². The highest BCUT2D eigenvalue weighted by Crippen LogP contribution is 2.43. The van der Waals surface area contributed by atoms with Crippen molar-refractivity contribution in [2.45, 2.75) is 31.7 Å². The second-order valence-electron chi connectivity index (χ2n) is 7.45. The number of pyridine rings is 1. The van der Waals surface area contributed by atoms with Crippen molar-refractivity contribution in [1.82, 2.24) is 9.88 Å². The van der Waals surface area contributed by atoms with Gasteiger partial charge in [0, 0.05) is 31.9 Å². The monoisotopic (exact) mass is 353 g/mol. The Labute approximate surface area is 152 Å². The molecule has 2 fully saturated rings. The number of carboxylic acid groups (broad SMARTS) is 1. The van der Waals surface area contributed by atoms with Crippen LogP contribution in [0.2, 0.25) is 0 Å². The lowest BCUT2D eigenvalue weighted by molar-refractivity contribution is -0.145. The zero-order valence-electron chi connectivity index (χ0n) is 15.1. The van der Waals surface area contributed by atoms with Crippen LogP contribution in [0, 0.1) is 12.8 Å². The molecule has 2 aliphatic rings. The Hall–Kier alpha value is -2.63. The second-order valence-corrected chi connectivity index (χ2v) is 7.45. The van der Waals surface area contributed by atoms with Gasteiger partial charge in [-0.1, -0.05) is 18.2 Å². The molecular formula is C20H23N3O3. The summed E-state index contributed by atoms with van der Waals surface area (Å²) in [4.78, 5) is 32.5. The van der Waals surface area contributed by atoms with Gasteiger partial charge in [-0.3, -0.25) is 9.59 Å². The largest absolute Gasteiger partial charge is 0.481 e. The third kappa shape index (κ3) is 2.43. The molecule has 0 unspecified atom stereocenters. The number of carbonyl (C=O) groups excluding carboxylic acids is 1. The van der Waals surface area contributed by atoms with Gasteiger partial charge in [0.15, 0.2) is 0 Å². The molecule has 6 nitrogen and oxygen atoms in total. The maximum atomic E-state index is 12.1. The Morgan fingerprint density at radius 2 is 1.96 bits per heavy atom. The minimum Gasteiger partial charge on any atom is -0.481 e. The normalized spacial score (nSPS) is 22.4. The van der Waals surface area contributed by atoms with Crippen LogP contribution in [0.25, 0.3) is 10.9 Å². The Kier molecular flexibility index (Phi) is 3.86. The highest BCUT2D eigenvalue weighted by molar-refractivity contribution is 5.88. The van der Waals surface area contributed by atoms with Gasteiger partial charge in [0.1, 0.15) is 5.82 Å². The van der Waals surface area contributed by atoms with Crippen molar-refractivity contribution in [1.29, 1.82) is 0 Å². The van der Waals surface area contributed by atoms with Crippen LogP contribution in [0.4, 0.5) is 5.82 Å². The lowest BCUT2D eigenvalue weighted by atomic mass is 9.77. The van der Waals surface area contributed by atoms with Crippen LogP contribution in [-0.2, 0) is 9.59 Å². The van der Waals surface area contributed by atoms with Gasteiger partial charge in [0.2, 0.25) is 5.91 Å². The Morgan fingerprint density at radius 3 is 2.65 bits per heavy atom. The summed E-state index contributed by atoms with van der Waals surface area (Å²) >= 11 is 0. The number of likely N-dealkylation sites (tertiary alicyclic amines) is 1. The van der Waals surface area contributed by atoms with E-state index in [1.54, 1.807) is 11.9 Å². The number of piperidine rings is 1. The zero-order chi connectivity index (χ0) is 18.5. The molecule has 1 spiro atoms. The number of hydrogen-bond donors (Lipinski definition) is 1. The molecule has 6 heteroatoms. The Balaban J connectivity index is 1.61. The molecule has 1 amide bonds. The van der Waals surface area contributed by atoms with Crippen LogP contribution in [-0.4, -0.2) is 52.5 Å². The van der Waals surface area contributed by atoms with Crippen LogP contribution in [0.1, 0.15) is 24.8 Å². The number of hydrogen-bond acceptors (Lipinski definition) is 4. The SMILES string of the molecule is Cc1cc(N2CCC3(CC2)[C@H](C(=O)O)CC(=O)N3C)nc2ccccc12. The average Bonchev–Trinajstić information content (AvgIpc) is 2.88. The fraction of sp³-hybridized carbons (Fsp3) is 0.450. The smallest absolute Gasteiger partial charge is 0.309 e. The van der Waals surface area contributed by atoms with E-state index in [4.69, 9.17) is 4.98 Å². The first-order valence-electron chi connectivity index (χ1n) is 9.03. The van der Waals surface area contributed by atoms with E-state index in [1.165, 1.54) is 5.56 Å². The maximum Gasteiger partial charge on any atom is 0.309 e. The molecule has 0 radical (unpaired) electrons. The number of carbonyl (C=O) groups is 2. The third-order valence-corrected chi connectivity index (χ3v) is 6.23. The standard InChI is InChI=1S/C20H23N3O3/c1-13-11-17(21-16-6-4-3-5-14(13)16)23-9-7-20(8-10-23)15(19(25)26)12-18(24)22(20)2/h3-6,11,15H,7-10,12H2,1-2H3,(H,25,26)/t15-/m0/s1. The quantitative estimate of drug-likeness (QED) is 0.898. The van der Waals surface area contributed by atoms with Crippen LogP contribution < -0.4 is 4.90 Å². The van der Waals surface area contributed by atoms with Crippen LogP contribution >= 0.6 is 0 Å². The second kappa shape index (κ2) is 5.97. The number of rotatable bonds is 2. The molecule has 2 aromatic rings. The molecular weight excluding hydrogens is 330 g/mol. The van der Waals surface area contributed by atoms with Crippen molar-refractivity contribution in [3.63, 3.8) is 0 Å². The van der Waals surface area contributed by atoms with Gasteiger partial charge in [-0.2, -0.15) is 0 Å². The van der Waals surface area contributed by atoms with Gasteiger partial charge < -0.3 is 14.9 Å². The lowest BCUT2D eigenvalue weighted by Gasteiger charge is -2.45. The van der Waals surface area contributed by atoms with Crippen molar-refractivity contribution in [3.8, 4) is 0 Å². The number of amides is 1. The molecule has 26 heavy (non-hydrogen) atoms. The Bertz CT molecular complexity index is 887. The fourth-order valence-electron chi connectivity index (χ4n) is 4.60. The fourth-order valence-corrected chi connectivity index (χ4v) is 4.60. The molecule has 4 rings (SSSR count).